The summed E-state index contributed by atoms with van der Waals surface area (Å²) in [6.45, 7) is 1.17. The molecule has 2 aromatic carbocycles. The van der Waals surface area contributed by atoms with Crippen LogP contribution in [0.3, 0.4) is 0 Å². The van der Waals surface area contributed by atoms with Gasteiger partial charge in [-0.2, -0.15) is 0 Å². The summed E-state index contributed by atoms with van der Waals surface area (Å²) in [7, 11) is 1.67. The number of ether oxygens (including phenoxy) is 1. The summed E-state index contributed by atoms with van der Waals surface area (Å²) in [5, 5.41) is 2.43. The van der Waals surface area contributed by atoms with Crippen molar-refractivity contribution in [2.75, 3.05) is 20.3 Å². The van der Waals surface area contributed by atoms with Gasteiger partial charge >= 0.3 is 0 Å². The van der Waals surface area contributed by atoms with E-state index in [-0.39, 0.29) is 0 Å². The fraction of sp³-hybridized carbons (Fsp3) is 0.167. The summed E-state index contributed by atoms with van der Waals surface area (Å²) >= 11 is 6.10. The van der Waals surface area contributed by atoms with Crippen LogP contribution in [0.1, 0.15) is 0 Å². The standard InChI is InChI=1S/C18H16ClNO2/c1-21-10-9-20-16-12-18(13-5-3-2-4-6-13)22-17-8-7-14(19)11-15(16)17/h2-8,11-12H,9-10H2,1H3. The summed E-state index contributed by atoms with van der Waals surface area (Å²) in [5.41, 5.74) is 1.78. The first-order valence-corrected chi connectivity index (χ1v) is 7.44. The summed E-state index contributed by atoms with van der Waals surface area (Å²) in [4.78, 5) is 4.61. The van der Waals surface area contributed by atoms with Crippen molar-refractivity contribution < 1.29 is 9.15 Å². The fourth-order valence-corrected chi connectivity index (χ4v) is 2.45. The molecule has 0 unspecified atom stereocenters. The van der Waals surface area contributed by atoms with Gasteiger partial charge in [-0.25, -0.2) is 0 Å². The van der Waals surface area contributed by atoms with E-state index in [1.807, 2.05) is 54.6 Å². The zero-order valence-corrected chi connectivity index (χ0v) is 13.0. The van der Waals surface area contributed by atoms with E-state index in [9.17, 15) is 0 Å². The van der Waals surface area contributed by atoms with Crippen LogP contribution < -0.4 is 5.36 Å². The van der Waals surface area contributed by atoms with Gasteiger partial charge in [0.2, 0.25) is 0 Å². The molecule has 0 fully saturated rings. The van der Waals surface area contributed by atoms with Crippen molar-refractivity contribution in [2.24, 2.45) is 4.99 Å². The molecule has 0 atom stereocenters. The number of fused-ring (bicyclic) bond motifs is 1. The summed E-state index contributed by atoms with van der Waals surface area (Å²) in [6.07, 6.45) is 0. The van der Waals surface area contributed by atoms with E-state index in [0.29, 0.717) is 18.2 Å². The Kier molecular flexibility index (Phi) is 4.56. The smallest absolute Gasteiger partial charge is 0.136 e. The number of rotatable bonds is 4. The lowest BCUT2D eigenvalue weighted by molar-refractivity contribution is 0.207. The van der Waals surface area contributed by atoms with E-state index >= 15 is 0 Å². The minimum absolute atomic E-state index is 0.578. The maximum Gasteiger partial charge on any atom is 0.136 e. The summed E-state index contributed by atoms with van der Waals surface area (Å²) < 4.78 is 11.1. The van der Waals surface area contributed by atoms with Gasteiger partial charge in [0.05, 0.1) is 18.5 Å². The molecule has 1 heterocycles. The van der Waals surface area contributed by atoms with Crippen LogP contribution in [-0.4, -0.2) is 20.3 Å². The van der Waals surface area contributed by atoms with Crippen LogP contribution >= 0.6 is 11.6 Å². The molecule has 1 aromatic heterocycles. The number of benzene rings is 2. The van der Waals surface area contributed by atoms with Crippen molar-refractivity contribution in [3.63, 3.8) is 0 Å². The molecule has 112 valence electrons. The number of methoxy groups -OCH3 is 1. The Hall–Kier alpha value is -2.10. The lowest BCUT2D eigenvalue weighted by Gasteiger charge is -2.05. The first kappa shape index (κ1) is 14.8. The maximum absolute atomic E-state index is 6.10. The van der Waals surface area contributed by atoms with E-state index in [4.69, 9.17) is 20.8 Å². The summed E-state index contributed by atoms with van der Waals surface area (Å²) in [6, 6.07) is 17.5. The van der Waals surface area contributed by atoms with Gasteiger partial charge in [0.1, 0.15) is 11.3 Å². The molecule has 0 aliphatic rings. The van der Waals surface area contributed by atoms with E-state index in [2.05, 4.69) is 4.99 Å². The highest BCUT2D eigenvalue weighted by Crippen LogP contribution is 2.23. The summed E-state index contributed by atoms with van der Waals surface area (Å²) in [5.74, 6) is 0.784. The second-order valence-corrected chi connectivity index (χ2v) is 5.31. The lowest BCUT2D eigenvalue weighted by Crippen LogP contribution is -2.07. The maximum atomic E-state index is 6.10. The molecule has 0 N–H and O–H groups in total. The van der Waals surface area contributed by atoms with E-state index in [1.54, 1.807) is 7.11 Å². The van der Waals surface area contributed by atoms with E-state index in [1.165, 1.54) is 0 Å². The van der Waals surface area contributed by atoms with Crippen molar-refractivity contribution >= 4 is 22.6 Å². The quantitative estimate of drug-likeness (QED) is 0.673. The van der Waals surface area contributed by atoms with Crippen LogP contribution in [0.4, 0.5) is 0 Å². The molecular formula is C18H16ClNO2. The topological polar surface area (TPSA) is 34.7 Å². The zero-order chi connectivity index (χ0) is 15.4. The normalized spacial score (nSPS) is 12.0. The molecular weight excluding hydrogens is 298 g/mol. The Morgan fingerprint density at radius 1 is 1.09 bits per heavy atom. The zero-order valence-electron chi connectivity index (χ0n) is 12.3. The predicted octanol–water partition coefficient (Wildman–Crippen LogP) is 4.30. The third-order valence-electron chi connectivity index (χ3n) is 3.34. The van der Waals surface area contributed by atoms with Crippen LogP contribution in [-0.2, 0) is 4.74 Å². The largest absolute Gasteiger partial charge is 0.456 e. The van der Waals surface area contributed by atoms with Gasteiger partial charge in [0.25, 0.3) is 0 Å². The molecule has 0 radical (unpaired) electrons. The lowest BCUT2D eigenvalue weighted by atomic mass is 10.1. The van der Waals surface area contributed by atoms with Gasteiger partial charge < -0.3 is 9.15 Å². The molecule has 0 spiro atoms. The van der Waals surface area contributed by atoms with Crippen molar-refractivity contribution in [3.8, 4) is 11.3 Å². The van der Waals surface area contributed by atoms with E-state index in [0.717, 1.165) is 27.7 Å². The average molecular weight is 314 g/mol. The highest BCUT2D eigenvalue weighted by atomic mass is 35.5. The molecule has 0 aliphatic heterocycles. The second kappa shape index (κ2) is 6.77. The monoisotopic (exact) mass is 313 g/mol. The first-order chi connectivity index (χ1) is 10.8. The average Bonchev–Trinajstić information content (AvgIpc) is 2.56. The number of halogens is 1. The van der Waals surface area contributed by atoms with Crippen LogP contribution in [0.15, 0.2) is 64.0 Å². The third-order valence-corrected chi connectivity index (χ3v) is 3.58. The van der Waals surface area contributed by atoms with Crippen molar-refractivity contribution in [3.05, 3.63) is 65.0 Å². The Bertz CT molecular complexity index is 841. The Morgan fingerprint density at radius 3 is 2.68 bits per heavy atom. The SMILES string of the molecule is COCCN=c1cc(-c2ccccc2)oc2ccc(Cl)cc12. The fourth-order valence-electron chi connectivity index (χ4n) is 2.27. The van der Waals surface area contributed by atoms with Crippen molar-refractivity contribution in [1.82, 2.24) is 0 Å². The Morgan fingerprint density at radius 2 is 1.91 bits per heavy atom. The molecule has 3 aromatic rings. The molecule has 22 heavy (non-hydrogen) atoms. The number of hydrogen-bond donors (Lipinski definition) is 0. The minimum atomic E-state index is 0.578. The second-order valence-electron chi connectivity index (χ2n) is 4.88. The van der Waals surface area contributed by atoms with Gasteiger partial charge in [0.15, 0.2) is 0 Å². The molecule has 0 bridgehead atoms. The highest BCUT2D eigenvalue weighted by molar-refractivity contribution is 6.31. The highest BCUT2D eigenvalue weighted by Gasteiger charge is 2.06. The van der Waals surface area contributed by atoms with Gasteiger partial charge in [-0.3, -0.25) is 4.99 Å². The first-order valence-electron chi connectivity index (χ1n) is 7.06. The van der Waals surface area contributed by atoms with Gasteiger partial charge in [-0.1, -0.05) is 41.9 Å². The Labute approximate surface area is 133 Å². The van der Waals surface area contributed by atoms with Gasteiger partial charge in [0, 0.05) is 29.1 Å². The van der Waals surface area contributed by atoms with Crippen molar-refractivity contribution in [2.45, 2.75) is 0 Å². The predicted molar refractivity (Wildman–Crippen MR) is 89.0 cm³/mol. The molecule has 0 aliphatic carbocycles. The molecule has 0 saturated heterocycles. The van der Waals surface area contributed by atoms with Crippen molar-refractivity contribution in [1.29, 1.82) is 0 Å². The van der Waals surface area contributed by atoms with Gasteiger partial charge in [-0.15, -0.1) is 0 Å². The number of nitrogens with zero attached hydrogens (tertiary/aromatic N) is 1. The molecule has 3 nitrogen and oxygen atoms in total. The molecule has 0 saturated carbocycles. The third kappa shape index (κ3) is 3.21. The van der Waals surface area contributed by atoms with Crippen LogP contribution in [0.5, 0.6) is 0 Å². The van der Waals surface area contributed by atoms with Crippen LogP contribution in [0.2, 0.25) is 5.02 Å². The molecule has 4 heteroatoms. The Balaban J connectivity index is 2.20. The van der Waals surface area contributed by atoms with Crippen LogP contribution in [0, 0.1) is 0 Å². The molecule has 0 amide bonds. The van der Waals surface area contributed by atoms with Gasteiger partial charge in [-0.05, 0) is 18.2 Å². The number of hydrogen-bond acceptors (Lipinski definition) is 3. The minimum Gasteiger partial charge on any atom is -0.456 e. The van der Waals surface area contributed by atoms with Crippen LogP contribution in [0.25, 0.3) is 22.3 Å². The molecule has 3 rings (SSSR count). The van der Waals surface area contributed by atoms with E-state index < -0.39 is 0 Å².